The van der Waals surface area contributed by atoms with Crippen molar-refractivity contribution in [1.29, 1.82) is 5.26 Å². The molecule has 0 saturated carbocycles. The zero-order chi connectivity index (χ0) is 20.1. The third kappa shape index (κ3) is 3.76. The summed E-state index contributed by atoms with van der Waals surface area (Å²) in [4.78, 5) is 37.4. The topological polar surface area (TPSA) is 101 Å². The fraction of sp³-hybridized carbons (Fsp3) is 0.143. The van der Waals surface area contributed by atoms with E-state index < -0.39 is 17.9 Å². The fourth-order valence-corrected chi connectivity index (χ4v) is 2.93. The van der Waals surface area contributed by atoms with Crippen molar-refractivity contribution in [3.63, 3.8) is 0 Å². The number of fused-ring (bicyclic) bond motifs is 1. The average molecular weight is 375 g/mol. The van der Waals surface area contributed by atoms with Crippen LogP contribution in [0.15, 0.2) is 65.6 Å². The fourth-order valence-electron chi connectivity index (χ4n) is 2.93. The predicted octanol–water partition coefficient (Wildman–Crippen LogP) is 1.69. The third-order valence-electron chi connectivity index (χ3n) is 4.32. The van der Waals surface area contributed by atoms with Crippen molar-refractivity contribution in [2.24, 2.45) is 0 Å². The SMILES string of the molecule is COC(=O)[C@H](Cc1cc(C#N)c2ccccn2c1=O)NC(=O)c1ccccc1. The lowest BCUT2D eigenvalue weighted by atomic mass is 10.0. The van der Waals surface area contributed by atoms with E-state index >= 15 is 0 Å². The summed E-state index contributed by atoms with van der Waals surface area (Å²) in [6.45, 7) is 0. The van der Waals surface area contributed by atoms with Crippen LogP contribution in [0.25, 0.3) is 5.52 Å². The van der Waals surface area contributed by atoms with Crippen LogP contribution in [0, 0.1) is 11.3 Å². The standard InChI is InChI=1S/C21H17N3O4/c1-28-21(27)17(23-19(25)14-7-3-2-4-8-14)12-15-11-16(13-22)18-9-5-6-10-24(18)20(15)26/h2-11,17H,12H2,1H3,(H,23,25)/t17-/m0/s1. The molecule has 7 heteroatoms. The first-order chi connectivity index (χ1) is 13.5. The van der Waals surface area contributed by atoms with E-state index in [1.54, 1.807) is 54.7 Å². The zero-order valence-corrected chi connectivity index (χ0v) is 15.1. The number of benzene rings is 1. The van der Waals surface area contributed by atoms with Crippen molar-refractivity contribution >= 4 is 17.4 Å². The Morgan fingerprint density at radius 3 is 2.57 bits per heavy atom. The number of aromatic nitrogens is 1. The van der Waals surface area contributed by atoms with Crippen LogP contribution in [0.3, 0.4) is 0 Å². The van der Waals surface area contributed by atoms with Crippen molar-refractivity contribution in [2.45, 2.75) is 12.5 Å². The maximum absolute atomic E-state index is 12.8. The van der Waals surface area contributed by atoms with Gasteiger partial charge in [-0.25, -0.2) is 4.79 Å². The molecule has 3 aromatic rings. The van der Waals surface area contributed by atoms with E-state index in [1.807, 2.05) is 0 Å². The molecule has 0 aliphatic carbocycles. The van der Waals surface area contributed by atoms with E-state index in [-0.39, 0.29) is 17.5 Å². The molecule has 28 heavy (non-hydrogen) atoms. The smallest absolute Gasteiger partial charge is 0.328 e. The lowest BCUT2D eigenvalue weighted by molar-refractivity contribution is -0.142. The number of hydrogen-bond donors (Lipinski definition) is 1. The zero-order valence-electron chi connectivity index (χ0n) is 15.1. The predicted molar refractivity (Wildman–Crippen MR) is 102 cm³/mol. The van der Waals surface area contributed by atoms with Gasteiger partial charge in [-0.1, -0.05) is 24.3 Å². The molecule has 3 rings (SSSR count). The monoisotopic (exact) mass is 375 g/mol. The van der Waals surface area contributed by atoms with Crippen molar-refractivity contribution in [3.05, 3.63) is 87.8 Å². The molecular weight excluding hydrogens is 358 g/mol. The number of carbonyl (C=O) groups is 2. The highest BCUT2D eigenvalue weighted by Crippen LogP contribution is 2.12. The van der Waals surface area contributed by atoms with Gasteiger partial charge in [0.1, 0.15) is 12.1 Å². The van der Waals surface area contributed by atoms with E-state index in [9.17, 15) is 19.6 Å². The van der Waals surface area contributed by atoms with E-state index in [2.05, 4.69) is 11.4 Å². The number of rotatable bonds is 5. The van der Waals surface area contributed by atoms with Gasteiger partial charge in [0.2, 0.25) is 0 Å². The van der Waals surface area contributed by atoms with E-state index in [4.69, 9.17) is 4.74 Å². The number of pyridine rings is 2. The quantitative estimate of drug-likeness (QED) is 0.684. The highest BCUT2D eigenvalue weighted by molar-refractivity contribution is 5.96. The number of nitrogens with zero attached hydrogens (tertiary/aromatic N) is 2. The van der Waals surface area contributed by atoms with Gasteiger partial charge >= 0.3 is 5.97 Å². The second kappa shape index (κ2) is 8.18. The molecule has 1 N–H and O–H groups in total. The first kappa shape index (κ1) is 18.9. The Balaban J connectivity index is 1.97. The second-order valence-electron chi connectivity index (χ2n) is 6.08. The molecule has 0 radical (unpaired) electrons. The summed E-state index contributed by atoms with van der Waals surface area (Å²) in [5.41, 5.74) is 1.01. The molecule has 0 unspecified atom stereocenters. The number of ether oxygens (including phenoxy) is 1. The Morgan fingerprint density at radius 1 is 1.18 bits per heavy atom. The van der Waals surface area contributed by atoms with Gasteiger partial charge in [0, 0.05) is 23.7 Å². The molecule has 0 fully saturated rings. The van der Waals surface area contributed by atoms with Gasteiger partial charge in [-0.15, -0.1) is 0 Å². The molecule has 140 valence electrons. The summed E-state index contributed by atoms with van der Waals surface area (Å²) in [6, 6.07) is 15.9. The van der Waals surface area contributed by atoms with Crippen LogP contribution in [0.5, 0.6) is 0 Å². The van der Waals surface area contributed by atoms with Crippen LogP contribution in [-0.4, -0.2) is 29.4 Å². The minimum absolute atomic E-state index is 0.101. The molecule has 2 heterocycles. The van der Waals surface area contributed by atoms with Crippen LogP contribution in [-0.2, 0) is 16.0 Å². The summed E-state index contributed by atoms with van der Waals surface area (Å²) < 4.78 is 6.13. The first-order valence-corrected chi connectivity index (χ1v) is 8.52. The number of nitrogens with one attached hydrogen (secondary N) is 1. The lowest BCUT2D eigenvalue weighted by Gasteiger charge is -2.17. The molecule has 0 spiro atoms. The van der Waals surface area contributed by atoms with Gasteiger partial charge in [0.25, 0.3) is 11.5 Å². The van der Waals surface area contributed by atoms with Crippen LogP contribution in [0.2, 0.25) is 0 Å². The molecule has 2 aromatic heterocycles. The Labute approximate surface area is 160 Å². The van der Waals surface area contributed by atoms with E-state index in [0.717, 1.165) is 0 Å². The van der Waals surface area contributed by atoms with Gasteiger partial charge in [-0.2, -0.15) is 5.26 Å². The molecule has 0 saturated heterocycles. The van der Waals surface area contributed by atoms with E-state index in [1.165, 1.54) is 17.6 Å². The minimum Gasteiger partial charge on any atom is -0.467 e. The Kier molecular flexibility index (Phi) is 5.51. The molecule has 7 nitrogen and oxygen atoms in total. The normalized spacial score (nSPS) is 11.4. The number of methoxy groups -OCH3 is 1. The molecule has 0 aliphatic rings. The largest absolute Gasteiger partial charge is 0.467 e. The molecular formula is C21H17N3O4. The number of hydrogen-bond acceptors (Lipinski definition) is 5. The van der Waals surface area contributed by atoms with Gasteiger partial charge in [-0.3, -0.25) is 14.0 Å². The highest BCUT2D eigenvalue weighted by atomic mass is 16.5. The summed E-state index contributed by atoms with van der Waals surface area (Å²) in [6.07, 6.45) is 1.45. The van der Waals surface area contributed by atoms with Crippen molar-refractivity contribution in [2.75, 3.05) is 7.11 Å². The van der Waals surface area contributed by atoms with Crippen molar-refractivity contribution in [3.8, 4) is 6.07 Å². The van der Waals surface area contributed by atoms with Crippen LogP contribution in [0.4, 0.5) is 0 Å². The molecule has 1 amide bonds. The summed E-state index contributed by atoms with van der Waals surface area (Å²) >= 11 is 0. The first-order valence-electron chi connectivity index (χ1n) is 8.52. The van der Waals surface area contributed by atoms with Gasteiger partial charge < -0.3 is 10.1 Å². The summed E-state index contributed by atoms with van der Waals surface area (Å²) in [5, 5.41) is 12.0. The van der Waals surface area contributed by atoms with Gasteiger partial charge in [-0.05, 0) is 30.3 Å². The van der Waals surface area contributed by atoms with Crippen LogP contribution >= 0.6 is 0 Å². The maximum atomic E-state index is 12.8. The molecule has 1 aromatic carbocycles. The van der Waals surface area contributed by atoms with Gasteiger partial charge in [0.05, 0.1) is 18.2 Å². The lowest BCUT2D eigenvalue weighted by Crippen LogP contribution is -2.44. The number of esters is 1. The number of nitriles is 1. The number of carbonyl (C=O) groups excluding carboxylic acids is 2. The second-order valence-corrected chi connectivity index (χ2v) is 6.08. The molecule has 0 bridgehead atoms. The Bertz CT molecular complexity index is 1130. The molecule has 0 aliphatic heterocycles. The summed E-state index contributed by atoms with van der Waals surface area (Å²) in [7, 11) is 1.21. The summed E-state index contributed by atoms with van der Waals surface area (Å²) in [5.74, 6) is -1.14. The average Bonchev–Trinajstić information content (AvgIpc) is 2.75. The Hall–Kier alpha value is -3.92. The number of amides is 1. The van der Waals surface area contributed by atoms with Crippen LogP contribution in [0.1, 0.15) is 21.5 Å². The third-order valence-corrected chi connectivity index (χ3v) is 4.32. The van der Waals surface area contributed by atoms with Crippen molar-refractivity contribution < 1.29 is 14.3 Å². The molecule has 1 atom stereocenters. The van der Waals surface area contributed by atoms with Crippen LogP contribution < -0.4 is 10.9 Å². The van der Waals surface area contributed by atoms with Crippen molar-refractivity contribution in [1.82, 2.24) is 9.72 Å². The minimum atomic E-state index is -1.07. The van der Waals surface area contributed by atoms with E-state index in [0.29, 0.717) is 16.6 Å². The maximum Gasteiger partial charge on any atom is 0.328 e. The van der Waals surface area contributed by atoms with Gasteiger partial charge in [0.15, 0.2) is 0 Å². The highest BCUT2D eigenvalue weighted by Gasteiger charge is 2.24. The Morgan fingerprint density at radius 2 is 1.89 bits per heavy atom.